The van der Waals surface area contributed by atoms with E-state index in [0.29, 0.717) is 29.3 Å². The Morgan fingerprint density at radius 2 is 1.74 bits per heavy atom. The Hall–Kier alpha value is -2.23. The molecule has 1 aromatic heterocycles. The first-order chi connectivity index (χ1) is 9.09. The van der Waals surface area contributed by atoms with E-state index in [-0.39, 0.29) is 17.3 Å². The molecule has 1 aliphatic rings. The zero-order valence-corrected chi connectivity index (χ0v) is 10.9. The number of hydrogen-bond donors (Lipinski definition) is 0. The summed E-state index contributed by atoms with van der Waals surface area (Å²) in [7, 11) is 0. The molecule has 96 valence electrons. The molecule has 4 nitrogen and oxygen atoms in total. The number of benzene rings is 1. The first-order valence-corrected chi connectivity index (χ1v) is 6.33. The standard InChI is InChI=1S/C15H14N2O2/c1-9(2)7-17-8-16-12-13(17)15(19)11-6-4-3-5-10(11)14(12)18/h3-6,8-9H,7H2,1-2H3. The van der Waals surface area contributed by atoms with Crippen molar-refractivity contribution < 1.29 is 9.59 Å². The van der Waals surface area contributed by atoms with E-state index in [4.69, 9.17) is 0 Å². The Kier molecular flexibility index (Phi) is 2.59. The third-order valence-corrected chi connectivity index (χ3v) is 3.25. The third-order valence-electron chi connectivity index (χ3n) is 3.25. The number of hydrogen-bond acceptors (Lipinski definition) is 3. The van der Waals surface area contributed by atoms with Gasteiger partial charge in [-0.25, -0.2) is 4.98 Å². The quantitative estimate of drug-likeness (QED) is 0.705. The highest BCUT2D eigenvalue weighted by Crippen LogP contribution is 2.26. The summed E-state index contributed by atoms with van der Waals surface area (Å²) in [5.41, 5.74) is 1.64. The molecule has 0 radical (unpaired) electrons. The number of carbonyl (C=O) groups is 2. The number of carbonyl (C=O) groups excluding carboxylic acids is 2. The van der Waals surface area contributed by atoms with E-state index >= 15 is 0 Å². The molecule has 1 heterocycles. The molecule has 0 saturated heterocycles. The fourth-order valence-electron chi connectivity index (χ4n) is 2.45. The summed E-state index contributed by atoms with van der Waals surface area (Å²) in [6, 6.07) is 6.92. The van der Waals surface area contributed by atoms with Crippen molar-refractivity contribution in [1.82, 2.24) is 9.55 Å². The lowest BCUT2D eigenvalue weighted by molar-refractivity contribution is 0.0970. The molecular weight excluding hydrogens is 240 g/mol. The van der Waals surface area contributed by atoms with Crippen LogP contribution in [-0.2, 0) is 6.54 Å². The van der Waals surface area contributed by atoms with Crippen LogP contribution < -0.4 is 0 Å². The molecule has 0 N–H and O–H groups in total. The van der Waals surface area contributed by atoms with Gasteiger partial charge in [0.25, 0.3) is 0 Å². The van der Waals surface area contributed by atoms with Gasteiger partial charge in [-0.05, 0) is 5.92 Å². The number of imidazole rings is 1. The van der Waals surface area contributed by atoms with Crippen molar-refractivity contribution in [2.45, 2.75) is 20.4 Å². The average Bonchev–Trinajstić information content (AvgIpc) is 2.79. The monoisotopic (exact) mass is 254 g/mol. The molecule has 3 rings (SSSR count). The van der Waals surface area contributed by atoms with Crippen molar-refractivity contribution >= 4 is 11.6 Å². The molecule has 0 amide bonds. The third kappa shape index (κ3) is 1.71. The van der Waals surface area contributed by atoms with E-state index in [1.165, 1.54) is 0 Å². The van der Waals surface area contributed by atoms with Gasteiger partial charge in [-0.1, -0.05) is 38.1 Å². The molecule has 0 unspecified atom stereocenters. The molecule has 0 fully saturated rings. The molecule has 0 saturated carbocycles. The molecule has 4 heteroatoms. The van der Waals surface area contributed by atoms with Gasteiger partial charge in [0.2, 0.25) is 11.6 Å². The minimum atomic E-state index is -0.160. The minimum absolute atomic E-state index is 0.108. The highest BCUT2D eigenvalue weighted by Gasteiger charge is 2.33. The van der Waals surface area contributed by atoms with Crippen molar-refractivity contribution in [1.29, 1.82) is 0 Å². The summed E-state index contributed by atoms with van der Waals surface area (Å²) in [6.07, 6.45) is 1.59. The number of fused-ring (bicyclic) bond motifs is 2. The predicted octanol–water partition coefficient (Wildman–Crippen LogP) is 2.31. The first kappa shape index (κ1) is 11.8. The Labute approximate surface area is 111 Å². The fraction of sp³-hybridized carbons (Fsp3) is 0.267. The lowest BCUT2D eigenvalue weighted by atomic mass is 9.90. The maximum absolute atomic E-state index is 12.5. The van der Waals surface area contributed by atoms with Gasteiger partial charge in [-0.2, -0.15) is 0 Å². The Morgan fingerprint density at radius 3 is 2.37 bits per heavy atom. The van der Waals surface area contributed by atoms with E-state index in [1.54, 1.807) is 35.2 Å². The molecule has 19 heavy (non-hydrogen) atoms. The molecule has 0 aliphatic heterocycles. The lowest BCUT2D eigenvalue weighted by Crippen LogP contribution is -2.23. The van der Waals surface area contributed by atoms with Crippen molar-refractivity contribution in [3.8, 4) is 0 Å². The van der Waals surface area contributed by atoms with Crippen LogP contribution in [0.4, 0.5) is 0 Å². The van der Waals surface area contributed by atoms with Crippen molar-refractivity contribution in [3.05, 3.63) is 53.1 Å². The van der Waals surface area contributed by atoms with E-state index < -0.39 is 0 Å². The number of rotatable bonds is 2. The SMILES string of the molecule is CC(C)Cn1cnc2c1C(=O)c1ccccc1C2=O. The van der Waals surface area contributed by atoms with Crippen molar-refractivity contribution in [2.75, 3.05) is 0 Å². The van der Waals surface area contributed by atoms with E-state index in [1.807, 2.05) is 0 Å². The van der Waals surface area contributed by atoms with Crippen LogP contribution in [0, 0.1) is 5.92 Å². The zero-order valence-electron chi connectivity index (χ0n) is 10.9. The fourth-order valence-corrected chi connectivity index (χ4v) is 2.45. The topological polar surface area (TPSA) is 52.0 Å². The summed E-state index contributed by atoms with van der Waals surface area (Å²) in [5.74, 6) is 0.120. The van der Waals surface area contributed by atoms with Crippen LogP contribution in [0.2, 0.25) is 0 Å². The van der Waals surface area contributed by atoms with Gasteiger partial charge in [0, 0.05) is 17.7 Å². The van der Waals surface area contributed by atoms with Gasteiger partial charge >= 0.3 is 0 Å². The van der Waals surface area contributed by atoms with Crippen LogP contribution in [0.25, 0.3) is 0 Å². The molecule has 2 aromatic rings. The second-order valence-corrected chi connectivity index (χ2v) is 5.19. The van der Waals surface area contributed by atoms with Crippen LogP contribution in [0.5, 0.6) is 0 Å². The summed E-state index contributed by atoms with van der Waals surface area (Å²) in [4.78, 5) is 29.0. The molecule has 0 spiro atoms. The van der Waals surface area contributed by atoms with Crippen molar-refractivity contribution in [2.24, 2.45) is 5.92 Å². The van der Waals surface area contributed by atoms with Crippen LogP contribution >= 0.6 is 0 Å². The Bertz CT molecular complexity index is 683. The Balaban J connectivity index is 2.18. The molecule has 1 aliphatic carbocycles. The number of nitrogens with zero attached hydrogens (tertiary/aromatic N) is 2. The normalized spacial score (nSPS) is 13.6. The summed E-state index contributed by atoms with van der Waals surface area (Å²) in [6.45, 7) is 4.81. The van der Waals surface area contributed by atoms with Crippen LogP contribution in [0.1, 0.15) is 46.0 Å². The predicted molar refractivity (Wildman–Crippen MR) is 70.4 cm³/mol. The summed E-state index contributed by atoms with van der Waals surface area (Å²) in [5, 5.41) is 0. The van der Waals surface area contributed by atoms with Gasteiger partial charge in [-0.15, -0.1) is 0 Å². The van der Waals surface area contributed by atoms with E-state index in [0.717, 1.165) is 0 Å². The second-order valence-electron chi connectivity index (χ2n) is 5.19. The highest BCUT2D eigenvalue weighted by molar-refractivity contribution is 6.27. The van der Waals surface area contributed by atoms with Crippen molar-refractivity contribution in [3.63, 3.8) is 0 Å². The molecule has 1 aromatic carbocycles. The van der Waals surface area contributed by atoms with E-state index in [2.05, 4.69) is 18.8 Å². The Morgan fingerprint density at radius 1 is 1.11 bits per heavy atom. The van der Waals surface area contributed by atoms with Gasteiger partial charge in [0.1, 0.15) is 11.4 Å². The average molecular weight is 254 g/mol. The van der Waals surface area contributed by atoms with Gasteiger partial charge < -0.3 is 4.57 Å². The van der Waals surface area contributed by atoms with Crippen LogP contribution in [0.3, 0.4) is 0 Å². The van der Waals surface area contributed by atoms with Gasteiger partial charge in [0.15, 0.2) is 0 Å². The minimum Gasteiger partial charge on any atom is -0.327 e. The molecule has 0 atom stereocenters. The molecule has 0 bridgehead atoms. The molecular formula is C15H14N2O2. The van der Waals surface area contributed by atoms with Crippen LogP contribution in [-0.4, -0.2) is 21.1 Å². The largest absolute Gasteiger partial charge is 0.327 e. The maximum Gasteiger partial charge on any atom is 0.214 e. The summed E-state index contributed by atoms with van der Waals surface area (Å²) < 4.78 is 1.79. The smallest absolute Gasteiger partial charge is 0.214 e. The van der Waals surface area contributed by atoms with E-state index in [9.17, 15) is 9.59 Å². The zero-order chi connectivity index (χ0) is 13.6. The highest BCUT2D eigenvalue weighted by atomic mass is 16.1. The number of ketones is 2. The maximum atomic E-state index is 12.5. The van der Waals surface area contributed by atoms with Gasteiger partial charge in [0.05, 0.1) is 6.33 Å². The first-order valence-electron chi connectivity index (χ1n) is 6.33. The number of aromatic nitrogens is 2. The summed E-state index contributed by atoms with van der Waals surface area (Å²) >= 11 is 0. The lowest BCUT2D eigenvalue weighted by Gasteiger charge is -2.16. The second kappa shape index (κ2) is 4.16. The van der Waals surface area contributed by atoms with Crippen LogP contribution in [0.15, 0.2) is 30.6 Å². The van der Waals surface area contributed by atoms with Gasteiger partial charge in [-0.3, -0.25) is 9.59 Å².